The number of ether oxygens (including phenoxy) is 4. The molecule has 6 rings (SSSR count). The summed E-state index contributed by atoms with van der Waals surface area (Å²) in [5.41, 5.74) is 5.77. The van der Waals surface area contributed by atoms with Gasteiger partial charge in [-0.2, -0.15) is 0 Å². The average Bonchev–Trinajstić information content (AvgIpc) is 3.22. The van der Waals surface area contributed by atoms with E-state index in [9.17, 15) is 15.0 Å². The zero-order valence-electron chi connectivity index (χ0n) is 35.8. The number of nitrogens with zero attached hydrogens (tertiary/aromatic N) is 2. The van der Waals surface area contributed by atoms with E-state index in [1.165, 1.54) is 5.56 Å². The number of hydrogen-bond donors (Lipinski definition) is 2. The Balaban J connectivity index is 1.55. The SMILES string of the molecule is C=CCO[C@@]12Oc3ccc(Oc4ccc(C)c(C)c4)cc3[C@H]3[C@H](CCCCO)[C@@H](CCCCO)C=C(C(=NOCc4ccccc4)C[C@@H]1N(C)C(=O)OCC(C)(C)C)[C@H]32. The first-order valence-electron chi connectivity index (χ1n) is 21.3. The van der Waals surface area contributed by atoms with Crippen molar-refractivity contribution in [2.75, 3.05) is 33.5 Å². The summed E-state index contributed by atoms with van der Waals surface area (Å²) in [6, 6.07) is 21.4. The Bertz CT molecular complexity index is 1950. The fourth-order valence-electron chi connectivity index (χ4n) is 8.97. The molecule has 1 fully saturated rings. The summed E-state index contributed by atoms with van der Waals surface area (Å²) in [5.74, 6) is 0.310. The van der Waals surface area contributed by atoms with Crippen LogP contribution in [0.15, 0.2) is 96.2 Å². The number of oxime groups is 1. The molecule has 59 heavy (non-hydrogen) atoms. The number of rotatable bonds is 18. The third kappa shape index (κ3) is 10.2. The molecule has 3 aromatic carbocycles. The zero-order valence-corrected chi connectivity index (χ0v) is 35.8. The van der Waals surface area contributed by atoms with Gasteiger partial charge in [0.05, 0.1) is 24.8 Å². The lowest BCUT2D eigenvalue weighted by Crippen LogP contribution is -2.69. The highest BCUT2D eigenvalue weighted by Gasteiger charge is 2.65. The van der Waals surface area contributed by atoms with Crippen LogP contribution in [0.4, 0.5) is 4.79 Å². The predicted octanol–water partition coefficient (Wildman–Crippen LogP) is 10.0. The lowest BCUT2D eigenvalue weighted by molar-refractivity contribution is -0.253. The van der Waals surface area contributed by atoms with E-state index >= 15 is 0 Å². The lowest BCUT2D eigenvalue weighted by Gasteiger charge is -2.59. The number of amides is 1. The normalized spacial score (nSPS) is 24.0. The van der Waals surface area contributed by atoms with Gasteiger partial charge in [-0.3, -0.25) is 0 Å². The van der Waals surface area contributed by atoms with E-state index in [0.717, 1.165) is 59.4 Å². The first-order valence-corrected chi connectivity index (χ1v) is 21.3. The van der Waals surface area contributed by atoms with Crippen molar-refractivity contribution in [1.29, 1.82) is 0 Å². The molecule has 1 amide bonds. The van der Waals surface area contributed by atoms with Gasteiger partial charge >= 0.3 is 6.09 Å². The molecule has 10 nitrogen and oxygen atoms in total. The van der Waals surface area contributed by atoms with Crippen molar-refractivity contribution in [3.8, 4) is 17.2 Å². The van der Waals surface area contributed by atoms with E-state index in [-0.39, 0.29) is 62.6 Å². The van der Waals surface area contributed by atoms with E-state index in [2.05, 4.69) is 38.6 Å². The maximum Gasteiger partial charge on any atom is 0.410 e. The molecule has 1 heterocycles. The Kier molecular flexibility index (Phi) is 14.6. The summed E-state index contributed by atoms with van der Waals surface area (Å²) in [4.78, 5) is 21.9. The summed E-state index contributed by atoms with van der Waals surface area (Å²) < 4.78 is 26.8. The predicted molar refractivity (Wildman–Crippen MR) is 231 cm³/mol. The number of hydrogen-bond acceptors (Lipinski definition) is 9. The number of carbonyl (C=O) groups excluding carboxylic acids is 1. The van der Waals surface area contributed by atoms with Crippen molar-refractivity contribution >= 4 is 11.8 Å². The van der Waals surface area contributed by atoms with Crippen molar-refractivity contribution in [3.05, 3.63) is 113 Å². The van der Waals surface area contributed by atoms with Gasteiger partial charge in [0.25, 0.3) is 0 Å². The molecule has 0 unspecified atom stereocenters. The maximum absolute atomic E-state index is 14.1. The maximum atomic E-state index is 14.1. The second-order valence-electron chi connectivity index (χ2n) is 17.6. The summed E-state index contributed by atoms with van der Waals surface area (Å²) >= 11 is 0. The van der Waals surface area contributed by atoms with E-state index in [4.69, 9.17) is 28.9 Å². The van der Waals surface area contributed by atoms with Gasteiger partial charge in [0.2, 0.25) is 5.79 Å². The monoisotopic (exact) mass is 808 g/mol. The first-order chi connectivity index (χ1) is 28.4. The van der Waals surface area contributed by atoms with Crippen LogP contribution in [-0.4, -0.2) is 72.2 Å². The minimum absolute atomic E-state index is 0.0867. The van der Waals surface area contributed by atoms with Crippen LogP contribution in [-0.2, 0) is 20.9 Å². The van der Waals surface area contributed by atoms with Crippen LogP contribution >= 0.6 is 0 Å². The number of benzene rings is 3. The molecule has 3 aliphatic rings. The summed E-state index contributed by atoms with van der Waals surface area (Å²) in [5, 5.41) is 24.7. The number of aryl methyl sites for hydroxylation is 2. The molecule has 0 spiro atoms. The molecule has 0 radical (unpaired) electrons. The van der Waals surface area contributed by atoms with Gasteiger partial charge in [-0.1, -0.05) is 87.3 Å². The number of allylic oxidation sites excluding steroid dienone is 1. The number of fused-ring (bicyclic) bond motifs is 2. The van der Waals surface area contributed by atoms with Crippen LogP contribution in [0.3, 0.4) is 0 Å². The number of unbranched alkanes of at least 4 members (excludes halogenated alkanes) is 2. The second kappa shape index (κ2) is 19.6. The van der Waals surface area contributed by atoms with Crippen LogP contribution in [0.2, 0.25) is 0 Å². The largest absolute Gasteiger partial charge is 0.459 e. The molecule has 6 atom stereocenters. The van der Waals surface area contributed by atoms with E-state index in [1.54, 1.807) is 18.0 Å². The molecule has 318 valence electrons. The number of aliphatic hydroxyl groups excluding tert-OH is 2. The Morgan fingerprint density at radius 1 is 0.966 bits per heavy atom. The topological polar surface area (TPSA) is 119 Å². The zero-order chi connectivity index (χ0) is 42.2. The van der Waals surface area contributed by atoms with Gasteiger partial charge < -0.3 is 38.9 Å². The van der Waals surface area contributed by atoms with Crippen molar-refractivity contribution in [3.63, 3.8) is 0 Å². The summed E-state index contributed by atoms with van der Waals surface area (Å²) in [7, 11) is 1.75. The molecular formula is C49H64N2O8. The van der Waals surface area contributed by atoms with Gasteiger partial charge in [-0.15, -0.1) is 6.58 Å². The van der Waals surface area contributed by atoms with Gasteiger partial charge in [0, 0.05) is 38.2 Å². The molecule has 10 heteroatoms. The quantitative estimate of drug-likeness (QED) is 0.0741. The van der Waals surface area contributed by atoms with Crippen LogP contribution in [0.25, 0.3) is 0 Å². The Morgan fingerprint density at radius 3 is 2.37 bits per heavy atom. The molecule has 3 aromatic rings. The van der Waals surface area contributed by atoms with Crippen molar-refractivity contribution in [1.82, 2.24) is 4.90 Å². The smallest absolute Gasteiger partial charge is 0.410 e. The van der Waals surface area contributed by atoms with Gasteiger partial charge in [-0.25, -0.2) is 4.79 Å². The van der Waals surface area contributed by atoms with Gasteiger partial charge in [-0.05, 0) is 109 Å². The van der Waals surface area contributed by atoms with E-state index in [0.29, 0.717) is 24.3 Å². The molecule has 2 aliphatic carbocycles. The Hall–Kier alpha value is -4.64. The van der Waals surface area contributed by atoms with Crippen LogP contribution in [0.5, 0.6) is 17.2 Å². The van der Waals surface area contributed by atoms with Crippen LogP contribution in [0, 0.1) is 37.0 Å². The Morgan fingerprint density at radius 2 is 1.68 bits per heavy atom. The minimum Gasteiger partial charge on any atom is -0.459 e. The molecule has 2 N–H and O–H groups in total. The fraction of sp³-hybridized carbons (Fsp3) is 0.510. The van der Waals surface area contributed by atoms with E-state index < -0.39 is 23.8 Å². The summed E-state index contributed by atoms with van der Waals surface area (Å²) in [6.07, 6.45) is 8.59. The van der Waals surface area contributed by atoms with Crippen molar-refractivity contribution in [2.45, 2.75) is 104 Å². The van der Waals surface area contributed by atoms with Gasteiger partial charge in [0.15, 0.2) is 0 Å². The third-order valence-corrected chi connectivity index (χ3v) is 12.0. The number of carbonyl (C=O) groups is 1. The second-order valence-corrected chi connectivity index (χ2v) is 17.6. The average molecular weight is 809 g/mol. The van der Waals surface area contributed by atoms with Crippen molar-refractivity contribution in [2.24, 2.45) is 28.3 Å². The third-order valence-electron chi connectivity index (χ3n) is 12.0. The lowest BCUT2D eigenvalue weighted by atomic mass is 9.55. The highest BCUT2D eigenvalue weighted by Crippen LogP contribution is 2.62. The minimum atomic E-state index is -1.37. The molecule has 1 saturated carbocycles. The molecule has 0 saturated heterocycles. The number of aliphatic hydroxyl groups is 2. The molecule has 0 aromatic heterocycles. The number of likely N-dealkylation sites (N-methyl/N-ethyl adjacent to an activating group) is 1. The Labute approximate surface area is 350 Å². The van der Waals surface area contributed by atoms with Gasteiger partial charge in [0.1, 0.15) is 29.9 Å². The molecule has 1 aliphatic heterocycles. The van der Waals surface area contributed by atoms with Crippen LogP contribution < -0.4 is 9.47 Å². The van der Waals surface area contributed by atoms with Crippen LogP contribution in [0.1, 0.15) is 93.9 Å². The molecular weight excluding hydrogens is 745 g/mol. The standard InChI is InChI=1S/C49H64N2O8/c1-8-26-56-49-44(51(7)47(54)55-32-48(4,5)6)30-42(50-57-31-35-16-10-9-11-17-35)40-28-36(18-12-14-24-52)39(19-13-15-25-53)45(46(40)49)41-29-38(22-23-43(41)59-49)58-37-21-20-33(2)34(3)27-37/h8-11,16-17,20-23,27-29,36,39,44-46,52-53H,1,12-15,18-19,24-26,30-32H2,2-7H3/t36-,39+,44-,45+,46+,49+/m0/s1. The highest BCUT2D eigenvalue weighted by atomic mass is 16.7. The van der Waals surface area contributed by atoms with Crippen molar-refractivity contribution < 1.29 is 38.8 Å². The highest BCUT2D eigenvalue weighted by molar-refractivity contribution is 6.03. The molecule has 0 bridgehead atoms. The summed E-state index contributed by atoms with van der Waals surface area (Å²) in [6.45, 7) is 15.2. The fourth-order valence-corrected chi connectivity index (χ4v) is 8.97. The van der Waals surface area contributed by atoms with E-state index in [1.807, 2.05) is 75.4 Å². The first kappa shape index (κ1) is 43.9.